The van der Waals surface area contributed by atoms with Crippen LogP contribution in [0.15, 0.2) is 88.8 Å². The minimum atomic E-state index is 0.0930. The van der Waals surface area contributed by atoms with Crippen LogP contribution in [0.25, 0.3) is 33.6 Å². The molecule has 1 amide bonds. The second-order valence-corrected chi connectivity index (χ2v) is 10.8. The van der Waals surface area contributed by atoms with Crippen molar-refractivity contribution in [2.24, 2.45) is 0 Å². The van der Waals surface area contributed by atoms with Crippen LogP contribution in [-0.4, -0.2) is 34.0 Å². The van der Waals surface area contributed by atoms with Gasteiger partial charge in [-0.15, -0.1) is 11.3 Å². The van der Waals surface area contributed by atoms with Gasteiger partial charge in [0.05, 0.1) is 16.3 Å². The predicted octanol–water partition coefficient (Wildman–Crippen LogP) is 8.11. The molecule has 1 aliphatic heterocycles. The van der Waals surface area contributed by atoms with E-state index in [2.05, 4.69) is 10.5 Å². The number of amides is 1. The van der Waals surface area contributed by atoms with Crippen molar-refractivity contribution in [3.05, 3.63) is 106 Å². The zero-order valence-electron chi connectivity index (χ0n) is 20.9. The maximum Gasteiger partial charge on any atom is 0.254 e. The Kier molecular flexibility index (Phi) is 6.83. The molecule has 2 aromatic heterocycles. The molecule has 3 heterocycles. The molecule has 0 aliphatic carbocycles. The van der Waals surface area contributed by atoms with Crippen LogP contribution in [0.5, 0.6) is 0 Å². The van der Waals surface area contributed by atoms with Gasteiger partial charge in [0.25, 0.3) is 5.91 Å². The maximum absolute atomic E-state index is 13.5. The number of aromatic nitrogens is 2. The number of nitrogens with zero attached hydrogens (tertiary/aromatic N) is 3. The molecule has 0 saturated carbocycles. The van der Waals surface area contributed by atoms with Crippen molar-refractivity contribution in [1.29, 1.82) is 0 Å². The van der Waals surface area contributed by atoms with E-state index >= 15 is 0 Å². The molecular weight excluding hydrogens is 514 g/mol. The zero-order valence-corrected chi connectivity index (χ0v) is 22.5. The van der Waals surface area contributed by atoms with Crippen molar-refractivity contribution < 1.29 is 9.32 Å². The molecule has 190 valence electrons. The number of rotatable bonds is 5. The molecule has 5 aromatic rings. The highest BCUT2D eigenvalue weighted by Gasteiger charge is 2.28. The summed E-state index contributed by atoms with van der Waals surface area (Å²) in [5.41, 5.74) is 6.30. The zero-order chi connectivity index (χ0) is 26.1. The quantitative estimate of drug-likeness (QED) is 0.226. The molecule has 5 nitrogen and oxygen atoms in total. The predicted molar refractivity (Wildman–Crippen MR) is 153 cm³/mol. The van der Waals surface area contributed by atoms with Gasteiger partial charge in [-0.1, -0.05) is 77.4 Å². The van der Waals surface area contributed by atoms with Gasteiger partial charge in [0.1, 0.15) is 11.5 Å². The third-order valence-electron chi connectivity index (χ3n) is 7.13. The molecule has 1 saturated heterocycles. The molecule has 0 radical (unpaired) electrons. The summed E-state index contributed by atoms with van der Waals surface area (Å²) in [5.74, 6) is 1.15. The fourth-order valence-corrected chi connectivity index (χ4v) is 6.22. The van der Waals surface area contributed by atoms with Gasteiger partial charge < -0.3 is 9.42 Å². The number of halogens is 1. The highest BCUT2D eigenvalue weighted by atomic mass is 35.5. The number of hydrogen-bond acceptors (Lipinski definition) is 5. The first-order valence-corrected chi connectivity index (χ1v) is 14.0. The van der Waals surface area contributed by atoms with Gasteiger partial charge in [0, 0.05) is 40.5 Å². The van der Waals surface area contributed by atoms with E-state index < -0.39 is 0 Å². The van der Waals surface area contributed by atoms with E-state index in [0.29, 0.717) is 24.0 Å². The van der Waals surface area contributed by atoms with Crippen molar-refractivity contribution in [2.75, 3.05) is 13.1 Å². The van der Waals surface area contributed by atoms with E-state index in [1.165, 1.54) is 0 Å². The van der Waals surface area contributed by atoms with Crippen molar-refractivity contribution in [3.63, 3.8) is 0 Å². The fraction of sp³-hybridized carbons (Fsp3) is 0.194. The SMILES string of the molecule is Cc1onc(-c2ccc(Cl)cc2)c1-c1csc(C2CCN(C(=O)c3ccccc3-c3ccccc3)CC2)n1. The van der Waals surface area contributed by atoms with E-state index in [0.717, 1.165) is 62.8 Å². The number of carbonyl (C=O) groups excluding carboxylic acids is 1. The third kappa shape index (κ3) is 4.77. The normalized spacial score (nSPS) is 14.1. The van der Waals surface area contributed by atoms with E-state index in [1.54, 1.807) is 11.3 Å². The van der Waals surface area contributed by atoms with Gasteiger partial charge in [-0.2, -0.15) is 0 Å². The van der Waals surface area contributed by atoms with Crippen LogP contribution in [-0.2, 0) is 0 Å². The third-order valence-corrected chi connectivity index (χ3v) is 8.39. The summed E-state index contributed by atoms with van der Waals surface area (Å²) in [6.45, 7) is 3.34. The monoisotopic (exact) mass is 539 g/mol. The van der Waals surface area contributed by atoms with Gasteiger partial charge in [-0.05, 0) is 49.1 Å². The Morgan fingerprint density at radius 3 is 2.42 bits per heavy atom. The molecule has 0 spiro atoms. The minimum absolute atomic E-state index is 0.0930. The second-order valence-electron chi connectivity index (χ2n) is 9.52. The largest absolute Gasteiger partial charge is 0.360 e. The van der Waals surface area contributed by atoms with E-state index in [-0.39, 0.29) is 5.91 Å². The topological polar surface area (TPSA) is 59.2 Å². The number of carbonyl (C=O) groups is 1. The Labute approximate surface area is 230 Å². The Hall–Kier alpha value is -3.74. The molecule has 0 atom stereocenters. The summed E-state index contributed by atoms with van der Waals surface area (Å²) in [6, 6.07) is 25.6. The summed E-state index contributed by atoms with van der Waals surface area (Å²) >= 11 is 7.74. The summed E-state index contributed by atoms with van der Waals surface area (Å²) in [6.07, 6.45) is 1.78. The van der Waals surface area contributed by atoms with Gasteiger partial charge in [0.15, 0.2) is 0 Å². The highest BCUT2D eigenvalue weighted by Crippen LogP contribution is 2.38. The van der Waals surface area contributed by atoms with Gasteiger partial charge in [-0.3, -0.25) is 4.79 Å². The lowest BCUT2D eigenvalue weighted by Crippen LogP contribution is -2.38. The lowest BCUT2D eigenvalue weighted by atomic mass is 9.95. The van der Waals surface area contributed by atoms with Crippen LogP contribution < -0.4 is 0 Å². The van der Waals surface area contributed by atoms with Crippen molar-refractivity contribution >= 4 is 28.8 Å². The van der Waals surface area contributed by atoms with Gasteiger partial charge >= 0.3 is 0 Å². The lowest BCUT2D eigenvalue weighted by Gasteiger charge is -2.31. The number of hydrogen-bond donors (Lipinski definition) is 0. The standard InChI is InChI=1S/C31H26ClN3O2S/c1-20-28(29(34-37-20)22-11-13-24(32)14-12-22)27-19-38-30(33-27)23-15-17-35(18-16-23)31(36)26-10-6-5-9-25(26)21-7-3-2-4-8-21/h2-14,19,23H,15-18H2,1H3. The average Bonchev–Trinajstić information content (AvgIpc) is 3.60. The number of piperidine rings is 1. The van der Waals surface area contributed by atoms with Crippen LogP contribution in [0, 0.1) is 6.92 Å². The second kappa shape index (κ2) is 10.6. The first kappa shape index (κ1) is 24.6. The first-order valence-electron chi connectivity index (χ1n) is 12.7. The molecule has 0 N–H and O–H groups in total. The molecule has 0 unspecified atom stereocenters. The fourth-order valence-electron chi connectivity index (χ4n) is 5.11. The number of aryl methyl sites for hydroxylation is 1. The Morgan fingerprint density at radius 2 is 1.66 bits per heavy atom. The molecule has 0 bridgehead atoms. The summed E-state index contributed by atoms with van der Waals surface area (Å²) < 4.78 is 5.55. The van der Waals surface area contributed by atoms with Crippen LogP contribution >= 0.6 is 22.9 Å². The molecular formula is C31H26ClN3O2S. The van der Waals surface area contributed by atoms with E-state index in [1.807, 2.05) is 90.7 Å². The van der Waals surface area contributed by atoms with Gasteiger partial charge in [-0.25, -0.2) is 4.98 Å². The maximum atomic E-state index is 13.5. The van der Waals surface area contributed by atoms with E-state index in [4.69, 9.17) is 21.1 Å². The summed E-state index contributed by atoms with van der Waals surface area (Å²) in [4.78, 5) is 20.5. The van der Waals surface area contributed by atoms with E-state index in [9.17, 15) is 4.79 Å². The van der Waals surface area contributed by atoms with Crippen LogP contribution in [0.3, 0.4) is 0 Å². The Balaban J connectivity index is 1.18. The van der Waals surface area contributed by atoms with Crippen molar-refractivity contribution in [1.82, 2.24) is 15.0 Å². The number of thiazole rings is 1. The lowest BCUT2D eigenvalue weighted by molar-refractivity contribution is 0.0713. The van der Waals surface area contributed by atoms with Crippen LogP contribution in [0.2, 0.25) is 5.02 Å². The molecule has 1 aliphatic rings. The van der Waals surface area contributed by atoms with Crippen molar-refractivity contribution in [3.8, 4) is 33.6 Å². The van der Waals surface area contributed by atoms with Crippen LogP contribution in [0.1, 0.15) is 39.9 Å². The average molecular weight is 540 g/mol. The molecule has 38 heavy (non-hydrogen) atoms. The Bertz CT molecular complexity index is 1570. The molecule has 3 aromatic carbocycles. The molecule has 7 heteroatoms. The van der Waals surface area contributed by atoms with Crippen molar-refractivity contribution in [2.45, 2.75) is 25.7 Å². The first-order chi connectivity index (χ1) is 18.6. The number of benzene rings is 3. The molecule has 1 fully saturated rings. The summed E-state index contributed by atoms with van der Waals surface area (Å²) in [5, 5.41) is 8.17. The molecule has 6 rings (SSSR count). The highest BCUT2D eigenvalue weighted by molar-refractivity contribution is 7.10. The van der Waals surface area contributed by atoms with Crippen LogP contribution in [0.4, 0.5) is 0 Å². The van der Waals surface area contributed by atoms with Gasteiger partial charge in [0.2, 0.25) is 0 Å². The smallest absolute Gasteiger partial charge is 0.254 e. The summed E-state index contributed by atoms with van der Waals surface area (Å²) in [7, 11) is 0. The Morgan fingerprint density at radius 1 is 0.947 bits per heavy atom. The minimum Gasteiger partial charge on any atom is -0.360 e. The number of likely N-dealkylation sites (tertiary alicyclic amines) is 1.